The van der Waals surface area contributed by atoms with Crippen LogP contribution in [0.4, 0.5) is 5.82 Å². The molecule has 1 aromatic heterocycles. The van der Waals surface area contributed by atoms with Gasteiger partial charge in [0.15, 0.2) is 11.5 Å². The van der Waals surface area contributed by atoms with E-state index in [1.54, 1.807) is 19.1 Å². The molecule has 110 valence electrons. The van der Waals surface area contributed by atoms with Crippen LogP contribution in [0.5, 0.6) is 11.5 Å². The third-order valence-corrected chi connectivity index (χ3v) is 3.30. The first-order chi connectivity index (χ1) is 10.5. The van der Waals surface area contributed by atoms with Gasteiger partial charge in [-0.2, -0.15) is 10.5 Å². The summed E-state index contributed by atoms with van der Waals surface area (Å²) < 4.78 is 5.32. The molecule has 0 atom stereocenters. The van der Waals surface area contributed by atoms with E-state index in [2.05, 4.69) is 17.6 Å². The smallest absolute Gasteiger partial charge is 0.161 e. The lowest BCUT2D eigenvalue weighted by molar-refractivity contribution is 0.318. The third kappa shape index (κ3) is 2.62. The number of hydrogen-bond acceptors (Lipinski definition) is 7. The molecule has 0 aliphatic rings. The number of phenols is 1. The average molecular weight is 312 g/mol. The lowest BCUT2D eigenvalue weighted by Gasteiger charge is -2.13. The van der Waals surface area contributed by atoms with Crippen molar-refractivity contribution in [2.75, 3.05) is 12.3 Å². The normalized spacial score (nSPS) is 9.82. The highest BCUT2D eigenvalue weighted by atomic mass is 32.1. The van der Waals surface area contributed by atoms with Gasteiger partial charge in [0.25, 0.3) is 0 Å². The molecular weight excluding hydrogens is 300 g/mol. The summed E-state index contributed by atoms with van der Waals surface area (Å²) >= 11 is 4.14. The highest BCUT2D eigenvalue weighted by molar-refractivity contribution is 7.80. The van der Waals surface area contributed by atoms with Crippen LogP contribution in [0.1, 0.15) is 18.1 Å². The zero-order chi connectivity index (χ0) is 16.3. The molecule has 22 heavy (non-hydrogen) atoms. The predicted octanol–water partition coefficient (Wildman–Crippen LogP) is 2.47. The summed E-state index contributed by atoms with van der Waals surface area (Å²) in [6, 6.07) is 8.48. The maximum Gasteiger partial charge on any atom is 0.161 e. The molecule has 0 spiro atoms. The Morgan fingerprint density at radius 1 is 1.32 bits per heavy atom. The summed E-state index contributed by atoms with van der Waals surface area (Å²) in [5.74, 6) is 0.215. The fraction of sp³-hybridized carbons (Fsp3) is 0.133. The first-order valence-corrected chi connectivity index (χ1v) is 6.77. The van der Waals surface area contributed by atoms with E-state index < -0.39 is 0 Å². The van der Waals surface area contributed by atoms with Crippen molar-refractivity contribution >= 4 is 18.4 Å². The van der Waals surface area contributed by atoms with Gasteiger partial charge in [0, 0.05) is 5.56 Å². The summed E-state index contributed by atoms with van der Waals surface area (Å²) in [7, 11) is 0. The quantitative estimate of drug-likeness (QED) is 0.750. The van der Waals surface area contributed by atoms with Crippen LogP contribution >= 0.6 is 12.6 Å². The number of phenolic OH excluding ortho intramolecular Hbond substituents is 1. The van der Waals surface area contributed by atoms with Crippen LogP contribution in [-0.2, 0) is 0 Å². The minimum Gasteiger partial charge on any atom is -0.504 e. The number of hydrogen-bond donors (Lipinski definition) is 3. The van der Waals surface area contributed by atoms with E-state index in [4.69, 9.17) is 10.5 Å². The Morgan fingerprint density at radius 3 is 2.59 bits per heavy atom. The van der Waals surface area contributed by atoms with Crippen molar-refractivity contribution in [3.63, 3.8) is 0 Å². The average Bonchev–Trinajstić information content (AvgIpc) is 2.49. The molecular formula is C15H12N4O2S. The lowest BCUT2D eigenvalue weighted by Crippen LogP contribution is -2.02. The molecule has 0 aliphatic carbocycles. The number of benzene rings is 1. The number of anilines is 1. The number of ether oxygens (including phenoxy) is 1. The number of nitrogens with zero attached hydrogens (tertiary/aromatic N) is 3. The number of aromatic nitrogens is 1. The number of aromatic hydroxyl groups is 1. The van der Waals surface area contributed by atoms with Gasteiger partial charge in [-0.1, -0.05) is 6.07 Å². The van der Waals surface area contributed by atoms with Crippen LogP contribution in [0, 0.1) is 22.7 Å². The topological polar surface area (TPSA) is 116 Å². The maximum atomic E-state index is 9.77. The van der Waals surface area contributed by atoms with Crippen LogP contribution in [0.2, 0.25) is 0 Å². The van der Waals surface area contributed by atoms with Crippen LogP contribution in [-0.4, -0.2) is 16.7 Å². The van der Waals surface area contributed by atoms with Gasteiger partial charge in [-0.3, -0.25) is 0 Å². The van der Waals surface area contributed by atoms with E-state index >= 15 is 0 Å². The predicted molar refractivity (Wildman–Crippen MR) is 83.6 cm³/mol. The van der Waals surface area contributed by atoms with Crippen molar-refractivity contribution in [1.82, 2.24) is 4.98 Å². The standard InChI is InChI=1S/C15H12N4O2S/c1-2-21-12-5-8(3-4-11(12)20)13-9(6-16)14(18)19-15(22)10(13)7-17/h3-5,20H,2H2,1H3,(H3,18,19,22). The molecule has 1 heterocycles. The summed E-state index contributed by atoms with van der Waals surface area (Å²) in [6.07, 6.45) is 0. The molecule has 0 saturated heterocycles. The minimum absolute atomic E-state index is 0.00691. The highest BCUT2D eigenvalue weighted by Crippen LogP contribution is 2.37. The largest absolute Gasteiger partial charge is 0.504 e. The first-order valence-electron chi connectivity index (χ1n) is 6.32. The number of nitriles is 2. The van der Waals surface area contributed by atoms with E-state index in [1.165, 1.54) is 6.07 Å². The summed E-state index contributed by atoms with van der Waals surface area (Å²) in [4.78, 5) is 3.89. The molecule has 0 amide bonds. The van der Waals surface area contributed by atoms with Gasteiger partial charge < -0.3 is 15.6 Å². The van der Waals surface area contributed by atoms with Crippen LogP contribution in [0.3, 0.4) is 0 Å². The fourth-order valence-corrected chi connectivity index (χ4v) is 2.31. The van der Waals surface area contributed by atoms with Gasteiger partial charge in [-0.05, 0) is 24.6 Å². The Hall–Kier alpha value is -2.90. The first kappa shape index (κ1) is 15.5. The molecule has 6 nitrogen and oxygen atoms in total. The van der Waals surface area contributed by atoms with Crippen molar-refractivity contribution in [3.8, 4) is 34.8 Å². The van der Waals surface area contributed by atoms with Crippen LogP contribution < -0.4 is 10.5 Å². The number of nitrogen functional groups attached to an aromatic ring is 1. The molecule has 0 radical (unpaired) electrons. The molecule has 2 rings (SSSR count). The van der Waals surface area contributed by atoms with Gasteiger partial charge in [0.05, 0.1) is 12.2 Å². The van der Waals surface area contributed by atoms with Crippen molar-refractivity contribution < 1.29 is 9.84 Å². The number of pyridine rings is 1. The van der Waals surface area contributed by atoms with Gasteiger partial charge >= 0.3 is 0 Å². The molecule has 7 heteroatoms. The van der Waals surface area contributed by atoms with Crippen molar-refractivity contribution in [2.24, 2.45) is 0 Å². The van der Waals surface area contributed by atoms with Crippen LogP contribution in [0.25, 0.3) is 11.1 Å². The summed E-state index contributed by atoms with van der Waals surface area (Å²) in [5.41, 5.74) is 6.81. The number of thiol groups is 1. The van der Waals surface area contributed by atoms with Crippen molar-refractivity contribution in [1.29, 1.82) is 10.5 Å². The van der Waals surface area contributed by atoms with E-state index in [0.717, 1.165) is 0 Å². The zero-order valence-electron chi connectivity index (χ0n) is 11.7. The second kappa shape index (κ2) is 6.25. The Bertz CT molecular complexity index is 784. The van der Waals surface area contributed by atoms with Crippen LogP contribution in [0.15, 0.2) is 23.2 Å². The summed E-state index contributed by atoms with van der Waals surface area (Å²) in [6.45, 7) is 2.15. The molecule has 0 saturated carbocycles. The Labute approximate surface area is 132 Å². The minimum atomic E-state index is -0.0317. The monoisotopic (exact) mass is 312 g/mol. The second-order valence-electron chi connectivity index (χ2n) is 4.28. The molecule has 0 fully saturated rings. The SMILES string of the molecule is CCOc1cc(-c2c(C#N)c(N)nc(S)c2C#N)ccc1O. The van der Waals surface area contributed by atoms with Crippen molar-refractivity contribution in [3.05, 3.63) is 29.3 Å². The van der Waals surface area contributed by atoms with Crippen molar-refractivity contribution in [2.45, 2.75) is 11.9 Å². The molecule has 0 bridgehead atoms. The molecule has 3 N–H and O–H groups in total. The molecule has 0 aliphatic heterocycles. The second-order valence-corrected chi connectivity index (χ2v) is 4.71. The maximum absolute atomic E-state index is 9.77. The number of rotatable bonds is 3. The van der Waals surface area contributed by atoms with Gasteiger partial charge in [-0.25, -0.2) is 4.98 Å². The van der Waals surface area contributed by atoms with Gasteiger partial charge in [-0.15, -0.1) is 12.6 Å². The van der Waals surface area contributed by atoms with E-state index in [9.17, 15) is 15.6 Å². The Balaban J connectivity index is 2.80. The van der Waals surface area contributed by atoms with Gasteiger partial charge in [0.1, 0.15) is 28.5 Å². The van der Waals surface area contributed by atoms with E-state index in [0.29, 0.717) is 17.7 Å². The fourth-order valence-electron chi connectivity index (χ4n) is 2.04. The van der Waals surface area contributed by atoms with E-state index in [-0.39, 0.29) is 33.5 Å². The third-order valence-electron chi connectivity index (χ3n) is 2.98. The molecule has 2 aromatic rings. The lowest BCUT2D eigenvalue weighted by atomic mass is 9.96. The summed E-state index contributed by atoms with van der Waals surface area (Å²) in [5, 5.41) is 28.5. The van der Waals surface area contributed by atoms with Gasteiger partial charge in [0.2, 0.25) is 0 Å². The molecule has 0 unspecified atom stereocenters. The zero-order valence-corrected chi connectivity index (χ0v) is 12.6. The number of nitrogens with two attached hydrogens (primary N) is 1. The Morgan fingerprint density at radius 2 is 2.00 bits per heavy atom. The Kier molecular flexibility index (Phi) is 4.40. The molecule has 1 aromatic carbocycles. The highest BCUT2D eigenvalue weighted by Gasteiger charge is 2.19. The van der Waals surface area contributed by atoms with E-state index in [1.807, 2.05) is 12.1 Å².